The topological polar surface area (TPSA) is 17.1 Å². The predicted octanol–water partition coefficient (Wildman–Crippen LogP) is 3.35. The van der Waals surface area contributed by atoms with Gasteiger partial charge in [0.15, 0.2) is 0 Å². The number of rotatable bonds is 5. The monoisotopic (exact) mass is 168 g/mol. The minimum atomic E-state index is 0.282. The standard InChI is InChI=1S/C11H20O/c1-5-6-7-10(12)8-9-11(2,3)4/h5H,1,6-9H2,2-4H3. The summed E-state index contributed by atoms with van der Waals surface area (Å²) in [5, 5.41) is 0. The van der Waals surface area contributed by atoms with Crippen LogP contribution in [0.2, 0.25) is 0 Å². The first kappa shape index (κ1) is 11.4. The van der Waals surface area contributed by atoms with Crippen molar-refractivity contribution in [2.24, 2.45) is 5.41 Å². The van der Waals surface area contributed by atoms with Crippen LogP contribution >= 0.6 is 0 Å². The molecule has 0 bridgehead atoms. The molecule has 0 aromatic carbocycles. The van der Waals surface area contributed by atoms with E-state index in [2.05, 4.69) is 27.4 Å². The van der Waals surface area contributed by atoms with Gasteiger partial charge in [-0.15, -0.1) is 6.58 Å². The molecule has 1 nitrogen and oxygen atoms in total. The van der Waals surface area contributed by atoms with Gasteiger partial charge in [0.05, 0.1) is 0 Å². The Balaban J connectivity index is 3.51. The van der Waals surface area contributed by atoms with Crippen molar-refractivity contribution in [2.75, 3.05) is 0 Å². The average molecular weight is 168 g/mol. The summed E-state index contributed by atoms with van der Waals surface area (Å²) in [5.74, 6) is 0.366. The summed E-state index contributed by atoms with van der Waals surface area (Å²) in [5.41, 5.74) is 0.282. The van der Waals surface area contributed by atoms with Crippen LogP contribution in [-0.4, -0.2) is 5.78 Å². The molecule has 0 fully saturated rings. The van der Waals surface area contributed by atoms with Gasteiger partial charge in [-0.2, -0.15) is 0 Å². The maximum Gasteiger partial charge on any atom is 0.133 e. The van der Waals surface area contributed by atoms with Crippen LogP contribution in [0.4, 0.5) is 0 Å². The van der Waals surface area contributed by atoms with Gasteiger partial charge in [0.1, 0.15) is 5.78 Å². The molecule has 0 aromatic rings. The fourth-order valence-corrected chi connectivity index (χ4v) is 0.902. The van der Waals surface area contributed by atoms with Crippen molar-refractivity contribution in [2.45, 2.75) is 46.5 Å². The Morgan fingerprint density at radius 3 is 2.33 bits per heavy atom. The zero-order valence-corrected chi connectivity index (χ0v) is 8.52. The fraction of sp³-hybridized carbons (Fsp3) is 0.727. The number of ketones is 1. The van der Waals surface area contributed by atoms with Crippen LogP contribution in [0.5, 0.6) is 0 Å². The van der Waals surface area contributed by atoms with Gasteiger partial charge in [0.2, 0.25) is 0 Å². The molecular formula is C11H20O. The van der Waals surface area contributed by atoms with Crippen LogP contribution in [0.25, 0.3) is 0 Å². The molecule has 0 aliphatic rings. The zero-order chi connectivity index (χ0) is 9.61. The van der Waals surface area contributed by atoms with Crippen molar-refractivity contribution in [1.82, 2.24) is 0 Å². The Labute approximate surface area is 75.9 Å². The summed E-state index contributed by atoms with van der Waals surface area (Å²) in [4.78, 5) is 11.2. The Bertz CT molecular complexity index is 151. The lowest BCUT2D eigenvalue weighted by Crippen LogP contribution is -2.08. The normalized spacial score (nSPS) is 11.2. The highest BCUT2D eigenvalue weighted by Gasteiger charge is 2.11. The minimum Gasteiger partial charge on any atom is -0.300 e. The third-order valence-corrected chi connectivity index (χ3v) is 1.78. The predicted molar refractivity (Wildman–Crippen MR) is 53.1 cm³/mol. The largest absolute Gasteiger partial charge is 0.300 e. The maximum absolute atomic E-state index is 11.2. The van der Waals surface area contributed by atoms with Crippen LogP contribution < -0.4 is 0 Å². The third-order valence-electron chi connectivity index (χ3n) is 1.78. The van der Waals surface area contributed by atoms with Gasteiger partial charge in [0.25, 0.3) is 0 Å². The molecule has 0 aliphatic heterocycles. The summed E-state index contributed by atoms with van der Waals surface area (Å²) in [6, 6.07) is 0. The molecule has 0 aliphatic carbocycles. The van der Waals surface area contributed by atoms with Crippen molar-refractivity contribution in [3.05, 3.63) is 12.7 Å². The Kier molecular flexibility index (Phi) is 4.87. The van der Waals surface area contributed by atoms with Gasteiger partial charge < -0.3 is 0 Å². The summed E-state index contributed by atoms with van der Waals surface area (Å²) < 4.78 is 0. The first-order chi connectivity index (χ1) is 5.45. The highest BCUT2D eigenvalue weighted by molar-refractivity contribution is 5.78. The lowest BCUT2D eigenvalue weighted by atomic mass is 9.89. The van der Waals surface area contributed by atoms with Crippen molar-refractivity contribution in [1.29, 1.82) is 0 Å². The van der Waals surface area contributed by atoms with E-state index in [9.17, 15) is 4.79 Å². The Morgan fingerprint density at radius 2 is 1.92 bits per heavy atom. The number of carbonyl (C=O) groups is 1. The lowest BCUT2D eigenvalue weighted by Gasteiger charge is -2.16. The van der Waals surface area contributed by atoms with Crippen molar-refractivity contribution in [3.63, 3.8) is 0 Å². The van der Waals surface area contributed by atoms with Crippen LogP contribution in [0.15, 0.2) is 12.7 Å². The summed E-state index contributed by atoms with van der Waals surface area (Å²) in [6.07, 6.45) is 5.00. The Hall–Kier alpha value is -0.590. The van der Waals surface area contributed by atoms with Gasteiger partial charge in [-0.25, -0.2) is 0 Å². The number of allylic oxidation sites excluding steroid dienone is 1. The first-order valence-electron chi connectivity index (χ1n) is 4.58. The summed E-state index contributed by atoms with van der Waals surface area (Å²) in [6.45, 7) is 10.1. The quantitative estimate of drug-likeness (QED) is 0.575. The van der Waals surface area contributed by atoms with E-state index in [0.717, 1.165) is 19.3 Å². The molecule has 0 heterocycles. The second-order valence-corrected chi connectivity index (χ2v) is 4.43. The van der Waals surface area contributed by atoms with E-state index in [1.807, 2.05) is 0 Å². The molecule has 0 spiro atoms. The van der Waals surface area contributed by atoms with Gasteiger partial charge in [-0.05, 0) is 18.3 Å². The van der Waals surface area contributed by atoms with Crippen molar-refractivity contribution < 1.29 is 4.79 Å². The molecule has 0 amide bonds. The molecule has 0 rings (SSSR count). The molecule has 0 aromatic heterocycles. The molecule has 70 valence electrons. The van der Waals surface area contributed by atoms with Crippen LogP contribution in [0.3, 0.4) is 0 Å². The molecule has 0 N–H and O–H groups in total. The summed E-state index contributed by atoms with van der Waals surface area (Å²) in [7, 11) is 0. The molecule has 0 saturated heterocycles. The van der Waals surface area contributed by atoms with Crippen molar-refractivity contribution >= 4 is 5.78 Å². The van der Waals surface area contributed by atoms with E-state index in [-0.39, 0.29) is 5.41 Å². The Morgan fingerprint density at radius 1 is 1.33 bits per heavy atom. The van der Waals surface area contributed by atoms with E-state index in [1.165, 1.54) is 0 Å². The SMILES string of the molecule is C=CCCC(=O)CCC(C)(C)C. The average Bonchev–Trinajstić information content (AvgIpc) is 1.95. The van der Waals surface area contributed by atoms with Crippen LogP contribution in [0, 0.1) is 5.41 Å². The van der Waals surface area contributed by atoms with Gasteiger partial charge in [-0.3, -0.25) is 4.79 Å². The smallest absolute Gasteiger partial charge is 0.133 e. The second-order valence-electron chi connectivity index (χ2n) is 4.43. The van der Waals surface area contributed by atoms with E-state index < -0.39 is 0 Å². The molecular weight excluding hydrogens is 148 g/mol. The van der Waals surface area contributed by atoms with Gasteiger partial charge in [-0.1, -0.05) is 26.8 Å². The number of hydrogen-bond donors (Lipinski definition) is 0. The molecule has 0 atom stereocenters. The second kappa shape index (κ2) is 5.13. The molecule has 0 radical (unpaired) electrons. The lowest BCUT2D eigenvalue weighted by molar-refractivity contribution is -0.119. The van der Waals surface area contributed by atoms with Crippen LogP contribution in [0.1, 0.15) is 46.5 Å². The zero-order valence-electron chi connectivity index (χ0n) is 8.52. The van der Waals surface area contributed by atoms with Crippen LogP contribution in [-0.2, 0) is 4.79 Å². The highest BCUT2D eigenvalue weighted by atomic mass is 16.1. The molecule has 1 heteroatoms. The van der Waals surface area contributed by atoms with E-state index in [1.54, 1.807) is 6.08 Å². The number of hydrogen-bond acceptors (Lipinski definition) is 1. The first-order valence-corrected chi connectivity index (χ1v) is 4.58. The van der Waals surface area contributed by atoms with E-state index in [4.69, 9.17) is 0 Å². The number of carbonyl (C=O) groups excluding carboxylic acids is 1. The molecule has 0 saturated carbocycles. The fourth-order valence-electron chi connectivity index (χ4n) is 0.902. The third kappa shape index (κ3) is 7.52. The highest BCUT2D eigenvalue weighted by Crippen LogP contribution is 2.21. The molecule has 0 unspecified atom stereocenters. The maximum atomic E-state index is 11.2. The van der Waals surface area contributed by atoms with Gasteiger partial charge >= 0.3 is 0 Å². The van der Waals surface area contributed by atoms with E-state index >= 15 is 0 Å². The number of Topliss-reactive ketones (excluding diaryl/α,β-unsaturated/α-hetero) is 1. The van der Waals surface area contributed by atoms with E-state index in [0.29, 0.717) is 12.2 Å². The van der Waals surface area contributed by atoms with Gasteiger partial charge in [0, 0.05) is 12.8 Å². The summed E-state index contributed by atoms with van der Waals surface area (Å²) >= 11 is 0. The van der Waals surface area contributed by atoms with Crippen molar-refractivity contribution in [3.8, 4) is 0 Å². The minimum absolute atomic E-state index is 0.282. The molecule has 12 heavy (non-hydrogen) atoms.